The van der Waals surface area contributed by atoms with E-state index in [2.05, 4.69) is 10.6 Å². The fourth-order valence-corrected chi connectivity index (χ4v) is 3.50. The van der Waals surface area contributed by atoms with E-state index in [0.717, 1.165) is 31.5 Å². The number of urea groups is 1. The minimum Gasteiger partial charge on any atom is -0.326 e. The molecule has 1 heterocycles. The summed E-state index contributed by atoms with van der Waals surface area (Å²) in [6.45, 7) is 3.43. The maximum absolute atomic E-state index is 12.6. The maximum atomic E-state index is 12.6. The SMILES string of the molecule is CC(C(=O)Nc1ccc(NC(=O)N2CCCCCC2)cc1)C(N)c1ccccc1. The first-order chi connectivity index (χ1) is 14.0. The molecule has 1 fully saturated rings. The van der Waals surface area contributed by atoms with Gasteiger partial charge in [0.05, 0.1) is 5.92 Å². The predicted octanol–water partition coefficient (Wildman–Crippen LogP) is 4.37. The number of carbonyl (C=O) groups is 2. The molecule has 29 heavy (non-hydrogen) atoms. The predicted molar refractivity (Wildman–Crippen MR) is 117 cm³/mol. The topological polar surface area (TPSA) is 87.5 Å². The first-order valence-electron chi connectivity index (χ1n) is 10.3. The van der Waals surface area contributed by atoms with Gasteiger partial charge in [-0.15, -0.1) is 0 Å². The summed E-state index contributed by atoms with van der Waals surface area (Å²) in [7, 11) is 0. The van der Waals surface area contributed by atoms with Crippen molar-refractivity contribution in [2.75, 3.05) is 23.7 Å². The van der Waals surface area contributed by atoms with Crippen molar-refractivity contribution in [2.45, 2.75) is 38.6 Å². The van der Waals surface area contributed by atoms with E-state index in [0.29, 0.717) is 11.4 Å². The summed E-state index contributed by atoms with van der Waals surface area (Å²) in [6, 6.07) is 16.3. The fraction of sp³-hybridized carbons (Fsp3) is 0.391. The molecule has 0 spiro atoms. The van der Waals surface area contributed by atoms with E-state index in [-0.39, 0.29) is 23.9 Å². The summed E-state index contributed by atoms with van der Waals surface area (Å²) in [6.07, 6.45) is 4.48. The normalized spacial score (nSPS) is 16.4. The largest absolute Gasteiger partial charge is 0.326 e. The van der Waals surface area contributed by atoms with Gasteiger partial charge in [-0.3, -0.25) is 4.79 Å². The van der Waals surface area contributed by atoms with Crippen molar-refractivity contribution in [3.63, 3.8) is 0 Å². The van der Waals surface area contributed by atoms with Crippen LogP contribution in [0.1, 0.15) is 44.2 Å². The number of hydrogen-bond donors (Lipinski definition) is 3. The Morgan fingerprint density at radius 2 is 1.41 bits per heavy atom. The third-order valence-electron chi connectivity index (χ3n) is 5.43. The number of likely N-dealkylation sites (tertiary alicyclic amines) is 1. The molecular weight excluding hydrogens is 364 g/mol. The molecule has 2 aromatic carbocycles. The monoisotopic (exact) mass is 394 g/mol. The third-order valence-corrected chi connectivity index (χ3v) is 5.43. The number of hydrogen-bond acceptors (Lipinski definition) is 3. The molecule has 3 amide bonds. The summed E-state index contributed by atoms with van der Waals surface area (Å²) >= 11 is 0. The highest BCUT2D eigenvalue weighted by molar-refractivity contribution is 5.94. The average molecular weight is 395 g/mol. The number of nitrogens with two attached hydrogens (primary N) is 1. The molecule has 1 aliphatic heterocycles. The number of benzene rings is 2. The van der Waals surface area contributed by atoms with Crippen molar-refractivity contribution in [3.05, 3.63) is 60.2 Å². The minimum atomic E-state index is -0.375. The highest BCUT2D eigenvalue weighted by Crippen LogP contribution is 2.22. The van der Waals surface area contributed by atoms with Crippen LogP contribution in [0, 0.1) is 5.92 Å². The fourth-order valence-electron chi connectivity index (χ4n) is 3.50. The van der Waals surface area contributed by atoms with Crippen LogP contribution >= 0.6 is 0 Å². The van der Waals surface area contributed by atoms with Crippen molar-refractivity contribution in [1.82, 2.24) is 4.90 Å². The summed E-state index contributed by atoms with van der Waals surface area (Å²) in [4.78, 5) is 26.8. The van der Waals surface area contributed by atoms with Crippen LogP contribution in [-0.4, -0.2) is 29.9 Å². The van der Waals surface area contributed by atoms with Gasteiger partial charge in [0, 0.05) is 30.5 Å². The number of carbonyl (C=O) groups excluding carboxylic acids is 2. The van der Waals surface area contributed by atoms with E-state index >= 15 is 0 Å². The molecule has 2 aromatic rings. The molecule has 1 aliphatic rings. The van der Waals surface area contributed by atoms with Gasteiger partial charge in [-0.1, -0.05) is 50.1 Å². The molecule has 0 radical (unpaired) electrons. The Labute approximate surface area is 172 Å². The van der Waals surface area contributed by atoms with E-state index in [1.165, 1.54) is 12.8 Å². The van der Waals surface area contributed by atoms with Gasteiger partial charge in [-0.2, -0.15) is 0 Å². The summed E-state index contributed by atoms with van der Waals surface area (Å²) < 4.78 is 0. The van der Waals surface area contributed by atoms with Crippen LogP contribution in [0.25, 0.3) is 0 Å². The molecule has 1 saturated heterocycles. The molecule has 0 aromatic heterocycles. The molecule has 0 saturated carbocycles. The second-order valence-corrected chi connectivity index (χ2v) is 7.62. The Hall–Kier alpha value is -2.86. The van der Waals surface area contributed by atoms with Crippen LogP contribution in [0.3, 0.4) is 0 Å². The van der Waals surface area contributed by atoms with Gasteiger partial charge in [-0.05, 0) is 42.7 Å². The van der Waals surface area contributed by atoms with Gasteiger partial charge >= 0.3 is 6.03 Å². The van der Waals surface area contributed by atoms with Crippen LogP contribution in [0.5, 0.6) is 0 Å². The lowest BCUT2D eigenvalue weighted by Gasteiger charge is -2.21. The van der Waals surface area contributed by atoms with Crippen LogP contribution in [0.4, 0.5) is 16.2 Å². The molecule has 2 unspecified atom stereocenters. The lowest BCUT2D eigenvalue weighted by Crippen LogP contribution is -2.35. The van der Waals surface area contributed by atoms with Crippen molar-refractivity contribution < 1.29 is 9.59 Å². The second-order valence-electron chi connectivity index (χ2n) is 7.62. The van der Waals surface area contributed by atoms with Crippen LogP contribution in [0.15, 0.2) is 54.6 Å². The molecular formula is C23H30N4O2. The molecule has 2 atom stereocenters. The van der Waals surface area contributed by atoms with Gasteiger partial charge < -0.3 is 21.3 Å². The van der Waals surface area contributed by atoms with E-state index in [4.69, 9.17) is 5.73 Å². The number of nitrogens with zero attached hydrogens (tertiary/aromatic N) is 1. The first kappa shape index (κ1) is 20.9. The number of nitrogens with one attached hydrogen (secondary N) is 2. The Balaban J connectivity index is 1.54. The Morgan fingerprint density at radius 3 is 2.00 bits per heavy atom. The summed E-state index contributed by atoms with van der Waals surface area (Å²) in [5.41, 5.74) is 8.56. The zero-order chi connectivity index (χ0) is 20.6. The van der Waals surface area contributed by atoms with Crippen molar-refractivity contribution in [3.8, 4) is 0 Å². The standard InChI is InChI=1S/C23H30N4O2/c1-17(21(24)18-9-5-4-6-10-18)22(28)25-19-11-13-20(14-12-19)26-23(29)27-15-7-2-3-8-16-27/h4-6,9-14,17,21H,2-3,7-8,15-16,24H2,1H3,(H,25,28)(H,26,29). The van der Waals surface area contributed by atoms with Gasteiger partial charge in [0.15, 0.2) is 0 Å². The minimum absolute atomic E-state index is 0.0638. The molecule has 0 aliphatic carbocycles. The summed E-state index contributed by atoms with van der Waals surface area (Å²) in [5.74, 6) is -0.512. The first-order valence-corrected chi connectivity index (χ1v) is 10.3. The molecule has 6 nitrogen and oxygen atoms in total. The zero-order valence-corrected chi connectivity index (χ0v) is 16.9. The van der Waals surface area contributed by atoms with E-state index < -0.39 is 0 Å². The summed E-state index contributed by atoms with van der Waals surface area (Å²) in [5, 5.41) is 5.84. The average Bonchev–Trinajstić information content (AvgIpc) is 3.04. The van der Waals surface area contributed by atoms with Crippen LogP contribution in [0.2, 0.25) is 0 Å². The quantitative estimate of drug-likeness (QED) is 0.704. The molecule has 0 bridgehead atoms. The Bertz CT molecular complexity index is 799. The Morgan fingerprint density at radius 1 is 0.862 bits per heavy atom. The van der Waals surface area contributed by atoms with Crippen molar-refractivity contribution in [2.24, 2.45) is 11.7 Å². The van der Waals surface area contributed by atoms with Gasteiger partial charge in [0.25, 0.3) is 0 Å². The number of anilines is 2. The van der Waals surface area contributed by atoms with Gasteiger partial charge in [0.2, 0.25) is 5.91 Å². The molecule has 3 rings (SSSR count). The van der Waals surface area contributed by atoms with E-state index in [1.54, 1.807) is 24.3 Å². The second kappa shape index (κ2) is 10.1. The lowest BCUT2D eigenvalue weighted by molar-refractivity contribution is -0.120. The van der Waals surface area contributed by atoms with Gasteiger partial charge in [-0.25, -0.2) is 4.79 Å². The zero-order valence-electron chi connectivity index (χ0n) is 16.9. The molecule has 6 heteroatoms. The van der Waals surface area contributed by atoms with E-state index in [1.807, 2.05) is 42.2 Å². The van der Waals surface area contributed by atoms with E-state index in [9.17, 15) is 9.59 Å². The maximum Gasteiger partial charge on any atom is 0.321 e. The number of rotatable bonds is 5. The molecule has 4 N–H and O–H groups in total. The third kappa shape index (κ3) is 5.81. The molecule has 154 valence electrons. The lowest BCUT2D eigenvalue weighted by atomic mass is 9.94. The van der Waals surface area contributed by atoms with Gasteiger partial charge in [0.1, 0.15) is 0 Å². The smallest absolute Gasteiger partial charge is 0.321 e. The van der Waals surface area contributed by atoms with Crippen LogP contribution < -0.4 is 16.4 Å². The van der Waals surface area contributed by atoms with Crippen molar-refractivity contribution >= 4 is 23.3 Å². The highest BCUT2D eigenvalue weighted by Gasteiger charge is 2.22. The van der Waals surface area contributed by atoms with Crippen LogP contribution in [-0.2, 0) is 4.79 Å². The Kier molecular flexibility index (Phi) is 7.25. The highest BCUT2D eigenvalue weighted by atomic mass is 16.2. The van der Waals surface area contributed by atoms with Crippen molar-refractivity contribution in [1.29, 1.82) is 0 Å². The number of amides is 3.